The van der Waals surface area contributed by atoms with E-state index in [0.717, 1.165) is 11.3 Å². The van der Waals surface area contributed by atoms with E-state index in [1.54, 1.807) is 25.3 Å². The van der Waals surface area contributed by atoms with E-state index in [-0.39, 0.29) is 22.3 Å². The number of hydrogen-bond donors (Lipinski definition) is 2. The van der Waals surface area contributed by atoms with Crippen LogP contribution in [-0.4, -0.2) is 37.9 Å². The number of rotatable bonds is 9. The van der Waals surface area contributed by atoms with Gasteiger partial charge in [-0.2, -0.15) is 5.26 Å². The van der Waals surface area contributed by atoms with Gasteiger partial charge in [0.1, 0.15) is 11.4 Å². The third kappa shape index (κ3) is 5.85. The molecule has 1 heterocycles. The summed E-state index contributed by atoms with van der Waals surface area (Å²) in [5, 5.41) is 14.2. The van der Waals surface area contributed by atoms with Crippen molar-refractivity contribution >= 4 is 38.3 Å². The number of amides is 1. The van der Waals surface area contributed by atoms with Crippen molar-refractivity contribution in [3.8, 4) is 11.8 Å². The highest BCUT2D eigenvalue weighted by Crippen LogP contribution is 2.32. The topological polar surface area (TPSA) is 134 Å². The number of benzene rings is 3. The van der Waals surface area contributed by atoms with Gasteiger partial charge in [-0.3, -0.25) is 4.79 Å². The second kappa shape index (κ2) is 11.1. The Labute approximate surface area is 215 Å². The summed E-state index contributed by atoms with van der Waals surface area (Å²) >= 11 is 0. The van der Waals surface area contributed by atoms with E-state index < -0.39 is 15.1 Å². The number of carbonyl (C=O) groups is 1. The minimum Gasteiger partial charge on any atom is -0.497 e. The number of nitriles is 1. The molecule has 0 aliphatic carbocycles. The number of ether oxygens (including phenoxy) is 1. The number of hydrogen-bond acceptors (Lipinski definition) is 8. The lowest BCUT2D eigenvalue weighted by molar-refractivity contribution is -0.114. The first-order valence-corrected chi connectivity index (χ1v) is 13.0. The van der Waals surface area contributed by atoms with Crippen LogP contribution in [0.25, 0.3) is 11.0 Å². The zero-order valence-corrected chi connectivity index (χ0v) is 21.1. The van der Waals surface area contributed by atoms with Crippen molar-refractivity contribution in [1.29, 1.82) is 5.26 Å². The zero-order chi connectivity index (χ0) is 26.4. The molecule has 10 heteroatoms. The molecule has 1 aromatic heterocycles. The summed E-state index contributed by atoms with van der Waals surface area (Å²) in [5.41, 5.74) is 2.59. The SMILES string of the molecule is COc1ccc(CCNc2nc3ccccc3nc2[C@@H](C#N)S(=O)(=O)c2ccc(NC(C)=O)cc2)cc1. The maximum atomic E-state index is 13.5. The molecule has 1 atom stereocenters. The van der Waals surface area contributed by atoms with Gasteiger partial charge in [0.2, 0.25) is 15.7 Å². The quantitative estimate of drug-likeness (QED) is 0.337. The Kier molecular flexibility index (Phi) is 7.65. The fourth-order valence-corrected chi connectivity index (χ4v) is 5.17. The number of para-hydroxylation sites is 2. The van der Waals surface area contributed by atoms with Crippen LogP contribution >= 0.6 is 0 Å². The number of aromatic nitrogens is 2. The molecule has 9 nitrogen and oxygen atoms in total. The third-order valence-corrected chi connectivity index (χ3v) is 7.52. The maximum absolute atomic E-state index is 13.5. The molecule has 0 bridgehead atoms. The molecular formula is C27H25N5O4S. The minimum absolute atomic E-state index is 0.0295. The lowest BCUT2D eigenvalue weighted by atomic mass is 10.1. The first kappa shape index (κ1) is 25.6. The summed E-state index contributed by atoms with van der Waals surface area (Å²) in [7, 11) is -2.55. The van der Waals surface area contributed by atoms with E-state index in [4.69, 9.17) is 4.74 Å². The van der Waals surface area contributed by atoms with E-state index in [0.29, 0.717) is 29.7 Å². The van der Waals surface area contributed by atoms with Crippen molar-refractivity contribution in [2.24, 2.45) is 0 Å². The van der Waals surface area contributed by atoms with Crippen molar-refractivity contribution < 1.29 is 17.9 Å². The third-order valence-electron chi connectivity index (χ3n) is 5.64. The molecule has 0 spiro atoms. The highest BCUT2D eigenvalue weighted by atomic mass is 32.2. The van der Waals surface area contributed by atoms with Gasteiger partial charge >= 0.3 is 0 Å². The van der Waals surface area contributed by atoms with Crippen molar-refractivity contribution in [2.75, 3.05) is 24.3 Å². The lowest BCUT2D eigenvalue weighted by Gasteiger charge is -2.16. The molecule has 0 unspecified atom stereocenters. The van der Waals surface area contributed by atoms with Gasteiger partial charge in [0.25, 0.3) is 0 Å². The van der Waals surface area contributed by atoms with Gasteiger partial charge in [-0.05, 0) is 60.5 Å². The van der Waals surface area contributed by atoms with Gasteiger partial charge in [-0.25, -0.2) is 18.4 Å². The van der Waals surface area contributed by atoms with Crippen molar-refractivity contribution in [3.63, 3.8) is 0 Å². The molecule has 2 N–H and O–H groups in total. The summed E-state index contributed by atoms with van der Waals surface area (Å²) in [6.45, 7) is 1.80. The average Bonchev–Trinajstić information content (AvgIpc) is 2.89. The van der Waals surface area contributed by atoms with Crippen LogP contribution in [0, 0.1) is 11.3 Å². The number of carbonyl (C=O) groups excluding carboxylic acids is 1. The number of sulfone groups is 1. The van der Waals surface area contributed by atoms with Crippen molar-refractivity contribution in [3.05, 3.63) is 84.1 Å². The predicted molar refractivity (Wildman–Crippen MR) is 141 cm³/mol. The molecule has 1 amide bonds. The summed E-state index contributed by atoms with van der Waals surface area (Å²) in [6, 6.07) is 22.3. The second-order valence-corrected chi connectivity index (χ2v) is 10.3. The Balaban J connectivity index is 1.66. The van der Waals surface area contributed by atoms with E-state index in [2.05, 4.69) is 20.6 Å². The van der Waals surface area contributed by atoms with Crippen LogP contribution < -0.4 is 15.4 Å². The van der Waals surface area contributed by atoms with E-state index in [9.17, 15) is 18.5 Å². The minimum atomic E-state index is -4.16. The molecule has 37 heavy (non-hydrogen) atoms. The number of methoxy groups -OCH3 is 1. The Morgan fingerprint density at radius 2 is 1.65 bits per heavy atom. The van der Waals surface area contributed by atoms with Crippen LogP contribution in [0.5, 0.6) is 5.75 Å². The van der Waals surface area contributed by atoms with Crippen LogP contribution in [0.15, 0.2) is 77.7 Å². The summed E-state index contributed by atoms with van der Waals surface area (Å²) < 4.78 is 32.2. The van der Waals surface area contributed by atoms with Crippen molar-refractivity contribution in [2.45, 2.75) is 23.5 Å². The lowest BCUT2D eigenvalue weighted by Crippen LogP contribution is -2.18. The molecule has 3 aromatic carbocycles. The molecule has 0 saturated carbocycles. The van der Waals surface area contributed by atoms with E-state index in [1.807, 2.05) is 36.4 Å². The Hall–Kier alpha value is -4.49. The number of anilines is 2. The number of fused-ring (bicyclic) bond motifs is 1. The Bertz CT molecular complexity index is 1560. The first-order chi connectivity index (χ1) is 17.8. The summed E-state index contributed by atoms with van der Waals surface area (Å²) in [4.78, 5) is 20.4. The standard InChI is InChI=1S/C27H25N5O4S/c1-18(33)30-20-9-13-22(14-10-20)37(34,35)25(17-28)26-27(32-24-6-4-3-5-23(24)31-26)29-16-15-19-7-11-21(36-2)12-8-19/h3-14,25H,15-16H2,1-2H3,(H,29,32)(H,30,33)/t25-/m1/s1. The van der Waals surface area contributed by atoms with Gasteiger partial charge in [0, 0.05) is 19.2 Å². The van der Waals surface area contributed by atoms with Crippen LogP contribution in [-0.2, 0) is 21.1 Å². The normalized spacial score (nSPS) is 11.9. The molecule has 0 aliphatic heterocycles. The largest absolute Gasteiger partial charge is 0.497 e. The van der Waals surface area contributed by atoms with Crippen LogP contribution in [0.2, 0.25) is 0 Å². The summed E-state index contributed by atoms with van der Waals surface area (Å²) in [6.07, 6.45) is 0.631. The molecule has 0 aliphatic rings. The number of nitrogens with one attached hydrogen (secondary N) is 2. The molecular weight excluding hydrogens is 490 g/mol. The second-order valence-electron chi connectivity index (χ2n) is 8.23. The predicted octanol–water partition coefficient (Wildman–Crippen LogP) is 4.29. The number of nitrogens with zero attached hydrogens (tertiary/aromatic N) is 3. The molecule has 0 saturated heterocycles. The van der Waals surface area contributed by atoms with Gasteiger partial charge in [0.05, 0.1) is 29.1 Å². The van der Waals surface area contributed by atoms with E-state index >= 15 is 0 Å². The van der Waals surface area contributed by atoms with Gasteiger partial charge in [-0.15, -0.1) is 0 Å². The molecule has 188 valence electrons. The Morgan fingerprint density at radius 3 is 2.24 bits per heavy atom. The fraction of sp³-hybridized carbons (Fsp3) is 0.185. The van der Waals surface area contributed by atoms with Gasteiger partial charge in [0.15, 0.2) is 11.1 Å². The smallest absolute Gasteiger partial charge is 0.221 e. The molecule has 4 aromatic rings. The Morgan fingerprint density at radius 1 is 1.00 bits per heavy atom. The highest BCUT2D eigenvalue weighted by molar-refractivity contribution is 7.92. The molecule has 0 radical (unpaired) electrons. The highest BCUT2D eigenvalue weighted by Gasteiger charge is 2.33. The van der Waals surface area contributed by atoms with Gasteiger partial charge in [-0.1, -0.05) is 24.3 Å². The van der Waals surface area contributed by atoms with Crippen molar-refractivity contribution in [1.82, 2.24) is 9.97 Å². The monoisotopic (exact) mass is 515 g/mol. The van der Waals surface area contributed by atoms with Crippen LogP contribution in [0.1, 0.15) is 23.4 Å². The molecule has 4 rings (SSSR count). The zero-order valence-electron chi connectivity index (χ0n) is 20.3. The van der Waals surface area contributed by atoms with E-state index in [1.165, 1.54) is 31.2 Å². The first-order valence-electron chi connectivity index (χ1n) is 11.5. The summed E-state index contributed by atoms with van der Waals surface area (Å²) in [5.74, 6) is 0.714. The fourth-order valence-electron chi connectivity index (χ4n) is 3.79. The van der Waals surface area contributed by atoms with Crippen LogP contribution in [0.3, 0.4) is 0 Å². The van der Waals surface area contributed by atoms with Gasteiger partial charge < -0.3 is 15.4 Å². The average molecular weight is 516 g/mol. The maximum Gasteiger partial charge on any atom is 0.221 e. The van der Waals surface area contributed by atoms with Crippen LogP contribution in [0.4, 0.5) is 11.5 Å². The molecule has 0 fully saturated rings.